The summed E-state index contributed by atoms with van der Waals surface area (Å²) in [4.78, 5) is 8.83. The van der Waals surface area contributed by atoms with E-state index in [-0.39, 0.29) is 12.4 Å². The summed E-state index contributed by atoms with van der Waals surface area (Å²) in [6, 6.07) is 19.1. The smallest absolute Gasteiger partial charge is 0.230 e. The minimum atomic E-state index is -3.47. The van der Waals surface area contributed by atoms with Crippen molar-refractivity contribution in [2.75, 3.05) is 23.5 Å². The number of ether oxygens (including phenoxy) is 1. The number of nitriles is 1. The van der Waals surface area contributed by atoms with Gasteiger partial charge in [-0.1, -0.05) is 49.7 Å². The lowest BCUT2D eigenvalue weighted by Gasteiger charge is -2.27. The molecule has 2 heterocycles. The van der Waals surface area contributed by atoms with Gasteiger partial charge in [0.1, 0.15) is 18.5 Å². The first-order chi connectivity index (χ1) is 17.5. The molecule has 0 bridgehead atoms. The van der Waals surface area contributed by atoms with Gasteiger partial charge in [-0.05, 0) is 41.5 Å². The Morgan fingerprint density at radius 2 is 1.81 bits per heavy atom. The molecule has 7 nitrogen and oxygen atoms in total. The maximum Gasteiger partial charge on any atom is 0.230 e. The van der Waals surface area contributed by atoms with E-state index in [1.807, 2.05) is 36.4 Å². The van der Waals surface area contributed by atoms with E-state index in [1.54, 1.807) is 18.2 Å². The van der Waals surface area contributed by atoms with Crippen molar-refractivity contribution >= 4 is 49.9 Å². The van der Waals surface area contributed by atoms with Gasteiger partial charge in [0.2, 0.25) is 10.0 Å². The molecule has 0 spiro atoms. The van der Waals surface area contributed by atoms with Gasteiger partial charge < -0.3 is 4.74 Å². The number of sulfonamides is 1. The van der Waals surface area contributed by atoms with Crippen molar-refractivity contribution < 1.29 is 13.2 Å². The monoisotopic (exact) mass is 554 g/mol. The van der Waals surface area contributed by atoms with E-state index < -0.39 is 15.4 Å². The fourth-order valence-electron chi connectivity index (χ4n) is 4.02. The summed E-state index contributed by atoms with van der Waals surface area (Å²) in [5.41, 5.74) is 4.07. The average Bonchev–Trinajstić information content (AvgIpc) is 2.86. The molecule has 0 aliphatic carbocycles. The molecule has 0 atom stereocenters. The van der Waals surface area contributed by atoms with Gasteiger partial charge in [0, 0.05) is 22.6 Å². The fourth-order valence-corrected chi connectivity index (χ4v) is 4.89. The van der Waals surface area contributed by atoms with E-state index in [2.05, 4.69) is 29.6 Å². The summed E-state index contributed by atoms with van der Waals surface area (Å²) >= 11 is 12.2. The number of nitrogens with zero attached hydrogens (tertiary/aromatic N) is 3. The molecular weight excluding hydrogens is 531 g/mol. The molecule has 4 rings (SSSR count). The van der Waals surface area contributed by atoms with Crippen LogP contribution in [0.1, 0.15) is 30.5 Å². The lowest BCUT2D eigenvalue weighted by Crippen LogP contribution is -2.19. The van der Waals surface area contributed by atoms with E-state index in [0.717, 1.165) is 28.6 Å². The maximum absolute atomic E-state index is 11.7. The van der Waals surface area contributed by atoms with Gasteiger partial charge in [-0.2, -0.15) is 5.26 Å². The first-order valence-electron chi connectivity index (χ1n) is 11.3. The molecule has 0 unspecified atom stereocenters. The summed E-state index contributed by atoms with van der Waals surface area (Å²) in [7, 11) is -3.47. The van der Waals surface area contributed by atoms with Crippen LogP contribution in [0.4, 0.5) is 5.82 Å². The maximum atomic E-state index is 11.7. The van der Waals surface area contributed by atoms with Crippen LogP contribution in [0.15, 0.2) is 60.8 Å². The highest BCUT2D eigenvalue weighted by atomic mass is 35.5. The van der Waals surface area contributed by atoms with Crippen molar-refractivity contribution in [3.8, 4) is 23.1 Å². The predicted molar refractivity (Wildman–Crippen MR) is 148 cm³/mol. The van der Waals surface area contributed by atoms with Gasteiger partial charge >= 0.3 is 0 Å². The van der Waals surface area contributed by atoms with Gasteiger partial charge in [-0.3, -0.25) is 4.72 Å². The molecule has 4 aromatic rings. The number of anilines is 1. The molecule has 190 valence electrons. The van der Waals surface area contributed by atoms with E-state index in [9.17, 15) is 13.7 Å². The predicted octanol–water partition coefficient (Wildman–Crippen LogP) is 6.14. The van der Waals surface area contributed by atoms with Gasteiger partial charge in [0.25, 0.3) is 0 Å². The van der Waals surface area contributed by atoms with Crippen molar-refractivity contribution in [1.29, 1.82) is 5.26 Å². The first kappa shape index (κ1) is 26.7. The standard InChI is InChI=1S/C27H24Cl2N4O3S/c1-27(2,20-14-18(16-30)25(22(29)15-20)36-13-11-28)19-6-4-17(5-7-19)23-9-8-21-24(32-23)10-12-31-26(21)33-37(3,34)35/h4-10,12,14-15H,11,13H2,1-3H3,(H,31,33). The lowest BCUT2D eigenvalue weighted by molar-refractivity contribution is 0.341. The molecule has 1 N–H and O–H groups in total. The number of fused-ring (bicyclic) bond motifs is 1. The molecule has 0 fully saturated rings. The molecule has 10 heteroatoms. The van der Waals surface area contributed by atoms with Crippen molar-refractivity contribution in [2.24, 2.45) is 0 Å². The molecule has 0 amide bonds. The van der Waals surface area contributed by atoms with Gasteiger partial charge in [0.05, 0.1) is 33.9 Å². The first-order valence-corrected chi connectivity index (χ1v) is 14.1. The Morgan fingerprint density at radius 3 is 2.46 bits per heavy atom. The third-order valence-electron chi connectivity index (χ3n) is 6.01. The van der Waals surface area contributed by atoms with E-state index in [1.165, 1.54) is 6.20 Å². The third-order valence-corrected chi connectivity index (χ3v) is 7.01. The lowest BCUT2D eigenvalue weighted by atomic mass is 9.77. The number of hydrogen-bond acceptors (Lipinski definition) is 6. The summed E-state index contributed by atoms with van der Waals surface area (Å²) in [5.74, 6) is 0.875. The molecule has 2 aromatic heterocycles. The Bertz CT molecular complexity index is 1620. The van der Waals surface area contributed by atoms with E-state index >= 15 is 0 Å². The van der Waals surface area contributed by atoms with Crippen LogP contribution in [0.25, 0.3) is 22.2 Å². The largest absolute Gasteiger partial charge is 0.489 e. The second-order valence-electron chi connectivity index (χ2n) is 8.98. The normalized spacial score (nSPS) is 11.8. The number of nitrogens with one attached hydrogen (secondary N) is 1. The highest BCUT2D eigenvalue weighted by Gasteiger charge is 2.26. The quantitative estimate of drug-likeness (QED) is 0.262. The summed E-state index contributed by atoms with van der Waals surface area (Å²) < 4.78 is 31.3. The summed E-state index contributed by atoms with van der Waals surface area (Å²) in [5, 5.41) is 10.6. The zero-order valence-corrected chi connectivity index (χ0v) is 22.7. The Hall–Kier alpha value is -3.38. The minimum Gasteiger partial charge on any atom is -0.489 e. The Morgan fingerprint density at radius 1 is 1.08 bits per heavy atom. The van der Waals surface area contributed by atoms with Crippen LogP contribution < -0.4 is 9.46 Å². The van der Waals surface area contributed by atoms with E-state index in [4.69, 9.17) is 32.9 Å². The van der Waals surface area contributed by atoms with Gasteiger partial charge in [0.15, 0.2) is 5.75 Å². The molecule has 2 aromatic carbocycles. The molecule has 0 saturated heterocycles. The van der Waals surface area contributed by atoms with Crippen LogP contribution in [-0.2, 0) is 15.4 Å². The zero-order chi connectivity index (χ0) is 26.8. The zero-order valence-electron chi connectivity index (χ0n) is 20.4. The number of rotatable bonds is 8. The number of hydrogen-bond donors (Lipinski definition) is 1. The van der Waals surface area contributed by atoms with Crippen LogP contribution in [0.3, 0.4) is 0 Å². The van der Waals surface area contributed by atoms with Crippen LogP contribution in [0, 0.1) is 11.3 Å². The van der Waals surface area contributed by atoms with Gasteiger partial charge in [-0.25, -0.2) is 18.4 Å². The SMILES string of the molecule is CC(C)(c1ccc(-c2ccc3c(NS(C)(=O)=O)nccc3n2)cc1)c1cc(Cl)c(OCCCl)c(C#N)c1. The second kappa shape index (κ2) is 10.5. The molecule has 0 aliphatic rings. The number of alkyl halides is 1. The number of halogens is 2. The van der Waals surface area contributed by atoms with Gasteiger partial charge in [-0.15, -0.1) is 11.6 Å². The number of pyridine rings is 2. The third kappa shape index (κ3) is 5.80. The van der Waals surface area contributed by atoms with Crippen molar-refractivity contribution in [2.45, 2.75) is 19.3 Å². The van der Waals surface area contributed by atoms with Crippen molar-refractivity contribution in [3.05, 3.63) is 82.5 Å². The molecule has 37 heavy (non-hydrogen) atoms. The number of benzene rings is 2. The Labute approximate surface area is 226 Å². The van der Waals surface area contributed by atoms with E-state index in [0.29, 0.717) is 33.1 Å². The Kier molecular flexibility index (Phi) is 7.60. The average molecular weight is 555 g/mol. The van der Waals surface area contributed by atoms with Crippen LogP contribution in [0.5, 0.6) is 5.75 Å². The van der Waals surface area contributed by atoms with Crippen molar-refractivity contribution in [1.82, 2.24) is 9.97 Å². The highest BCUT2D eigenvalue weighted by molar-refractivity contribution is 7.92. The summed E-state index contributed by atoms with van der Waals surface area (Å²) in [6.45, 7) is 4.38. The second-order valence-corrected chi connectivity index (χ2v) is 11.5. The van der Waals surface area contributed by atoms with Crippen molar-refractivity contribution in [3.63, 3.8) is 0 Å². The molecule has 0 aliphatic heterocycles. The van der Waals surface area contributed by atoms with Crippen LogP contribution in [0.2, 0.25) is 5.02 Å². The highest BCUT2D eigenvalue weighted by Crippen LogP contribution is 2.38. The van der Waals surface area contributed by atoms with Crippen LogP contribution >= 0.6 is 23.2 Å². The topological polar surface area (TPSA) is 105 Å². The molecule has 0 saturated carbocycles. The van der Waals surface area contributed by atoms with Crippen LogP contribution in [-0.4, -0.2) is 37.1 Å². The number of aromatic nitrogens is 2. The summed E-state index contributed by atoms with van der Waals surface area (Å²) in [6.07, 6.45) is 2.60. The minimum absolute atomic E-state index is 0.241. The fraction of sp³-hybridized carbons (Fsp3) is 0.222. The molecule has 0 radical (unpaired) electrons. The molecular formula is C27H24Cl2N4O3S. The Balaban J connectivity index is 1.66.